The lowest BCUT2D eigenvalue weighted by molar-refractivity contribution is -0.0390. The van der Waals surface area contributed by atoms with Crippen LogP contribution in [0.1, 0.15) is 23.7 Å². The van der Waals surface area contributed by atoms with E-state index in [1.165, 1.54) is 0 Å². The average molecular weight is 295 g/mol. The maximum atomic E-state index is 12.2. The molecule has 2 aliphatic heterocycles. The van der Waals surface area contributed by atoms with Crippen LogP contribution in [0.25, 0.3) is 0 Å². The Morgan fingerprint density at radius 1 is 1.35 bits per heavy atom. The average Bonchev–Trinajstić information content (AvgIpc) is 2.80. The lowest BCUT2D eigenvalue weighted by Gasteiger charge is -2.33. The Kier molecular flexibility index (Phi) is 3.96. The van der Waals surface area contributed by atoms with E-state index in [1.54, 1.807) is 24.3 Å². The van der Waals surface area contributed by atoms with Crippen LogP contribution in [0.2, 0.25) is 5.02 Å². The van der Waals surface area contributed by atoms with Crippen LogP contribution in [0, 0.1) is 0 Å². The number of fused-ring (bicyclic) bond motifs is 1. The maximum absolute atomic E-state index is 12.2. The van der Waals surface area contributed by atoms with Crippen molar-refractivity contribution in [3.05, 3.63) is 34.9 Å². The molecule has 1 amide bonds. The first-order valence-electron chi connectivity index (χ1n) is 7.04. The van der Waals surface area contributed by atoms with Crippen molar-refractivity contribution in [1.29, 1.82) is 0 Å². The fourth-order valence-corrected chi connectivity index (χ4v) is 3.14. The second-order valence-corrected chi connectivity index (χ2v) is 6.10. The van der Waals surface area contributed by atoms with Crippen LogP contribution in [-0.4, -0.2) is 48.7 Å². The predicted octanol–water partition coefficient (Wildman–Crippen LogP) is 1.93. The second-order valence-electron chi connectivity index (χ2n) is 5.66. The molecular weight excluding hydrogens is 276 g/mol. The van der Waals surface area contributed by atoms with E-state index in [0.29, 0.717) is 16.6 Å². The van der Waals surface area contributed by atoms with Gasteiger partial charge in [-0.25, -0.2) is 0 Å². The van der Waals surface area contributed by atoms with Crippen molar-refractivity contribution in [1.82, 2.24) is 10.2 Å². The van der Waals surface area contributed by atoms with Crippen molar-refractivity contribution in [2.45, 2.75) is 31.5 Å². The minimum Gasteiger partial charge on any atom is -0.376 e. The Balaban J connectivity index is 1.59. The van der Waals surface area contributed by atoms with Crippen LogP contribution in [0.5, 0.6) is 0 Å². The fraction of sp³-hybridized carbons (Fsp3) is 0.533. The topological polar surface area (TPSA) is 41.6 Å². The first-order chi connectivity index (χ1) is 9.61. The van der Waals surface area contributed by atoms with Gasteiger partial charge in [0.25, 0.3) is 5.91 Å². The summed E-state index contributed by atoms with van der Waals surface area (Å²) in [5.74, 6) is -0.0273. The fourth-order valence-electron chi connectivity index (χ4n) is 3.01. The highest BCUT2D eigenvalue weighted by atomic mass is 35.5. The van der Waals surface area contributed by atoms with Gasteiger partial charge in [0, 0.05) is 35.8 Å². The maximum Gasteiger partial charge on any atom is 0.251 e. The van der Waals surface area contributed by atoms with Crippen molar-refractivity contribution < 1.29 is 9.53 Å². The van der Waals surface area contributed by atoms with Crippen molar-refractivity contribution in [2.24, 2.45) is 0 Å². The number of benzene rings is 1. The van der Waals surface area contributed by atoms with E-state index in [-0.39, 0.29) is 18.1 Å². The van der Waals surface area contributed by atoms with Gasteiger partial charge in [-0.1, -0.05) is 11.6 Å². The van der Waals surface area contributed by atoms with E-state index in [1.807, 2.05) is 0 Å². The van der Waals surface area contributed by atoms with E-state index in [4.69, 9.17) is 16.3 Å². The molecular formula is C15H19ClN2O2. The van der Waals surface area contributed by atoms with E-state index in [9.17, 15) is 4.79 Å². The van der Waals surface area contributed by atoms with E-state index < -0.39 is 0 Å². The molecule has 2 aliphatic rings. The van der Waals surface area contributed by atoms with Gasteiger partial charge in [0.15, 0.2) is 0 Å². The number of amides is 1. The van der Waals surface area contributed by atoms with Gasteiger partial charge in [-0.15, -0.1) is 0 Å². The quantitative estimate of drug-likeness (QED) is 0.906. The van der Waals surface area contributed by atoms with Crippen molar-refractivity contribution in [3.63, 3.8) is 0 Å². The Bertz CT molecular complexity index is 491. The third kappa shape index (κ3) is 2.97. The molecule has 20 heavy (non-hydrogen) atoms. The van der Waals surface area contributed by atoms with E-state index in [0.717, 1.165) is 26.1 Å². The normalized spacial score (nSPS) is 30.0. The Morgan fingerprint density at radius 3 is 2.85 bits per heavy atom. The summed E-state index contributed by atoms with van der Waals surface area (Å²) >= 11 is 5.83. The molecule has 0 spiro atoms. The molecule has 0 aliphatic carbocycles. The number of hydrogen-bond donors (Lipinski definition) is 1. The molecule has 1 aromatic carbocycles. The summed E-state index contributed by atoms with van der Waals surface area (Å²) in [4.78, 5) is 14.6. The van der Waals surface area contributed by atoms with Gasteiger partial charge < -0.3 is 10.1 Å². The molecule has 1 N–H and O–H groups in total. The second kappa shape index (κ2) is 5.72. The lowest BCUT2D eigenvalue weighted by atomic mass is 10.1. The van der Waals surface area contributed by atoms with Crippen LogP contribution in [0.4, 0.5) is 0 Å². The Hall–Kier alpha value is -1.10. The molecule has 1 aromatic rings. The molecule has 0 bridgehead atoms. The molecule has 2 fully saturated rings. The minimum absolute atomic E-state index is 0.0273. The van der Waals surface area contributed by atoms with Gasteiger partial charge in [-0.3, -0.25) is 9.69 Å². The zero-order chi connectivity index (χ0) is 14.1. The number of hydrogen-bond acceptors (Lipinski definition) is 3. The van der Waals surface area contributed by atoms with Gasteiger partial charge >= 0.3 is 0 Å². The van der Waals surface area contributed by atoms with Gasteiger partial charge in [0.1, 0.15) is 0 Å². The molecule has 2 saturated heterocycles. The minimum atomic E-state index is -0.0273. The zero-order valence-corrected chi connectivity index (χ0v) is 12.3. The van der Waals surface area contributed by atoms with Gasteiger partial charge in [0.2, 0.25) is 0 Å². The smallest absolute Gasteiger partial charge is 0.251 e. The standard InChI is InChI=1S/C15H19ClN2O2/c1-10-7-18-8-13(6-14(18)9-20-10)17-15(19)11-2-4-12(16)5-3-11/h2-5,10,13-14H,6-9H2,1H3,(H,17,19)/t10-,13-,14-/m0/s1. The number of carbonyl (C=O) groups is 1. The highest BCUT2D eigenvalue weighted by Gasteiger charge is 2.36. The number of halogens is 1. The first kappa shape index (κ1) is 13.9. The predicted molar refractivity (Wildman–Crippen MR) is 78.1 cm³/mol. The van der Waals surface area contributed by atoms with Crippen LogP contribution >= 0.6 is 11.6 Å². The third-order valence-corrected chi connectivity index (χ3v) is 4.29. The third-order valence-electron chi connectivity index (χ3n) is 4.03. The van der Waals surface area contributed by atoms with Crippen LogP contribution < -0.4 is 5.32 Å². The largest absolute Gasteiger partial charge is 0.376 e. The first-order valence-corrected chi connectivity index (χ1v) is 7.41. The summed E-state index contributed by atoms with van der Waals surface area (Å²) in [7, 11) is 0. The van der Waals surface area contributed by atoms with Crippen molar-refractivity contribution in [2.75, 3.05) is 19.7 Å². The van der Waals surface area contributed by atoms with Gasteiger partial charge in [-0.2, -0.15) is 0 Å². The van der Waals surface area contributed by atoms with Crippen LogP contribution in [0.3, 0.4) is 0 Å². The summed E-state index contributed by atoms with van der Waals surface area (Å²) in [5, 5.41) is 3.75. The summed E-state index contributed by atoms with van der Waals surface area (Å²) in [6, 6.07) is 7.64. The number of carbonyl (C=O) groups excluding carboxylic acids is 1. The summed E-state index contributed by atoms with van der Waals surface area (Å²) in [5.41, 5.74) is 0.656. The molecule has 0 aromatic heterocycles. The number of rotatable bonds is 2. The summed E-state index contributed by atoms with van der Waals surface area (Å²) in [6.45, 7) is 4.74. The van der Waals surface area contributed by atoms with Crippen LogP contribution in [0.15, 0.2) is 24.3 Å². The molecule has 2 heterocycles. The van der Waals surface area contributed by atoms with Gasteiger partial charge in [-0.05, 0) is 37.6 Å². The molecule has 5 heteroatoms. The molecule has 0 radical (unpaired) electrons. The van der Waals surface area contributed by atoms with Crippen molar-refractivity contribution >= 4 is 17.5 Å². The monoisotopic (exact) mass is 294 g/mol. The molecule has 4 nitrogen and oxygen atoms in total. The lowest BCUT2D eigenvalue weighted by Crippen LogP contribution is -2.45. The molecule has 0 saturated carbocycles. The van der Waals surface area contributed by atoms with Crippen molar-refractivity contribution in [3.8, 4) is 0 Å². The van der Waals surface area contributed by atoms with E-state index in [2.05, 4.69) is 17.1 Å². The number of nitrogens with one attached hydrogen (secondary N) is 1. The Labute approximate surface area is 124 Å². The van der Waals surface area contributed by atoms with Gasteiger partial charge in [0.05, 0.1) is 12.7 Å². The highest BCUT2D eigenvalue weighted by Crippen LogP contribution is 2.23. The number of ether oxygens (including phenoxy) is 1. The summed E-state index contributed by atoms with van der Waals surface area (Å²) < 4.78 is 5.67. The SMILES string of the molecule is C[C@H]1CN2C[C@@H](NC(=O)c3ccc(Cl)cc3)C[C@H]2CO1. The van der Waals surface area contributed by atoms with Crippen LogP contribution in [-0.2, 0) is 4.74 Å². The molecule has 0 unspecified atom stereocenters. The summed E-state index contributed by atoms with van der Waals surface area (Å²) in [6.07, 6.45) is 1.25. The number of morpholine rings is 1. The number of nitrogens with zero attached hydrogens (tertiary/aromatic N) is 1. The molecule has 3 atom stereocenters. The Morgan fingerprint density at radius 2 is 2.10 bits per heavy atom. The zero-order valence-electron chi connectivity index (χ0n) is 11.5. The molecule has 108 valence electrons. The highest BCUT2D eigenvalue weighted by molar-refractivity contribution is 6.30. The molecule has 3 rings (SSSR count). The van der Waals surface area contributed by atoms with E-state index >= 15 is 0 Å².